The lowest BCUT2D eigenvalue weighted by atomic mass is 10.1. The largest absolute Gasteiger partial charge is 0.323 e. The number of thiol groups is 1. The number of hydrogen-bond acceptors (Lipinski definition) is 2. The van der Waals surface area contributed by atoms with Crippen LogP contribution < -0.4 is 5.32 Å². The Kier molecular flexibility index (Phi) is 3.38. The minimum Gasteiger partial charge on any atom is -0.323 e. The summed E-state index contributed by atoms with van der Waals surface area (Å²) < 4.78 is 26.2. The number of carbonyl (C=O) groups is 1. The molecular formula is C12H13F2NOS. The van der Waals surface area contributed by atoms with Crippen molar-refractivity contribution in [3.8, 4) is 0 Å². The van der Waals surface area contributed by atoms with Gasteiger partial charge in [0.1, 0.15) is 0 Å². The van der Waals surface area contributed by atoms with E-state index in [0.717, 1.165) is 18.9 Å². The van der Waals surface area contributed by atoms with E-state index in [2.05, 4.69) is 17.9 Å². The molecule has 0 saturated heterocycles. The van der Waals surface area contributed by atoms with E-state index in [1.165, 1.54) is 12.1 Å². The highest BCUT2D eigenvalue weighted by molar-refractivity contribution is 7.80. The average molecular weight is 257 g/mol. The predicted octanol–water partition coefficient (Wildman–Crippen LogP) is 3.00. The highest BCUT2D eigenvalue weighted by Crippen LogP contribution is 2.49. The highest BCUT2D eigenvalue weighted by Gasteiger charge is 2.42. The van der Waals surface area contributed by atoms with Crippen LogP contribution in [0.5, 0.6) is 0 Å². The molecule has 0 unspecified atom stereocenters. The van der Waals surface area contributed by atoms with Crippen molar-refractivity contribution < 1.29 is 13.6 Å². The van der Waals surface area contributed by atoms with Crippen molar-refractivity contribution in [2.24, 2.45) is 5.41 Å². The summed E-state index contributed by atoms with van der Waals surface area (Å²) in [5.74, 6) is -1.62. The van der Waals surface area contributed by atoms with Crippen LogP contribution in [0.15, 0.2) is 18.2 Å². The SMILES string of the molecule is O=C(CC1(CS)CC1)Nc1cccc(F)c1F. The van der Waals surface area contributed by atoms with Gasteiger partial charge in [-0.2, -0.15) is 12.6 Å². The van der Waals surface area contributed by atoms with Gasteiger partial charge in [-0.15, -0.1) is 0 Å². The van der Waals surface area contributed by atoms with Crippen molar-refractivity contribution in [2.75, 3.05) is 11.1 Å². The van der Waals surface area contributed by atoms with Crippen LogP contribution in [0.2, 0.25) is 0 Å². The fourth-order valence-corrected chi connectivity index (χ4v) is 2.13. The van der Waals surface area contributed by atoms with E-state index >= 15 is 0 Å². The Bertz CT molecular complexity index is 446. The topological polar surface area (TPSA) is 29.1 Å². The Morgan fingerprint density at radius 2 is 2.12 bits per heavy atom. The minimum absolute atomic E-state index is 0.0308. The smallest absolute Gasteiger partial charge is 0.225 e. The van der Waals surface area contributed by atoms with E-state index in [1.807, 2.05) is 0 Å². The number of halogens is 2. The zero-order valence-corrected chi connectivity index (χ0v) is 10.1. The van der Waals surface area contributed by atoms with E-state index in [-0.39, 0.29) is 17.0 Å². The molecule has 2 rings (SSSR count). The number of rotatable bonds is 4. The quantitative estimate of drug-likeness (QED) is 0.798. The summed E-state index contributed by atoms with van der Waals surface area (Å²) in [5.41, 5.74) is -0.137. The number of benzene rings is 1. The summed E-state index contributed by atoms with van der Waals surface area (Å²) in [4.78, 5) is 11.7. The van der Waals surface area contributed by atoms with Gasteiger partial charge in [0.05, 0.1) is 5.69 Å². The van der Waals surface area contributed by atoms with Crippen molar-refractivity contribution >= 4 is 24.2 Å². The van der Waals surface area contributed by atoms with Crippen LogP contribution in [-0.2, 0) is 4.79 Å². The van der Waals surface area contributed by atoms with Crippen molar-refractivity contribution in [1.82, 2.24) is 0 Å². The second-order valence-corrected chi connectivity index (χ2v) is 4.80. The fourth-order valence-electron chi connectivity index (χ4n) is 1.70. The van der Waals surface area contributed by atoms with Gasteiger partial charge < -0.3 is 5.32 Å². The molecule has 1 aromatic carbocycles. The number of hydrogen-bond donors (Lipinski definition) is 2. The molecule has 1 aliphatic rings. The van der Waals surface area contributed by atoms with Crippen LogP contribution in [0.4, 0.5) is 14.5 Å². The van der Waals surface area contributed by atoms with Gasteiger partial charge in [0.25, 0.3) is 0 Å². The molecule has 1 aliphatic carbocycles. The molecule has 92 valence electrons. The molecule has 0 heterocycles. The molecule has 1 N–H and O–H groups in total. The predicted molar refractivity (Wildman–Crippen MR) is 65.1 cm³/mol. The molecule has 0 spiro atoms. The molecule has 0 aromatic heterocycles. The van der Waals surface area contributed by atoms with E-state index in [4.69, 9.17) is 0 Å². The summed E-state index contributed by atoms with van der Waals surface area (Å²) in [6.07, 6.45) is 2.25. The molecule has 17 heavy (non-hydrogen) atoms. The summed E-state index contributed by atoms with van der Waals surface area (Å²) in [5, 5.41) is 2.39. The van der Waals surface area contributed by atoms with Crippen LogP contribution in [0, 0.1) is 17.0 Å². The molecule has 1 fully saturated rings. The van der Waals surface area contributed by atoms with Gasteiger partial charge in [0.2, 0.25) is 5.91 Å². The maximum Gasteiger partial charge on any atom is 0.225 e. The molecule has 1 aromatic rings. The van der Waals surface area contributed by atoms with Crippen molar-refractivity contribution in [1.29, 1.82) is 0 Å². The van der Waals surface area contributed by atoms with Crippen LogP contribution >= 0.6 is 12.6 Å². The van der Waals surface area contributed by atoms with Gasteiger partial charge in [-0.05, 0) is 36.1 Å². The van der Waals surface area contributed by atoms with Gasteiger partial charge in [0, 0.05) is 6.42 Å². The van der Waals surface area contributed by atoms with Crippen molar-refractivity contribution in [3.05, 3.63) is 29.8 Å². The lowest BCUT2D eigenvalue weighted by molar-refractivity contribution is -0.117. The third-order valence-corrected chi connectivity index (χ3v) is 3.72. The molecule has 0 bridgehead atoms. The summed E-state index contributed by atoms with van der Waals surface area (Å²) in [6.45, 7) is 0. The first kappa shape index (κ1) is 12.4. The molecule has 0 radical (unpaired) electrons. The molecule has 0 aliphatic heterocycles. The second kappa shape index (κ2) is 4.64. The summed E-state index contributed by atoms with van der Waals surface area (Å²) in [7, 11) is 0. The standard InChI is InChI=1S/C12H13F2NOS/c13-8-2-1-3-9(11(8)14)15-10(16)6-12(7-17)4-5-12/h1-3,17H,4-7H2,(H,15,16). The zero-order valence-electron chi connectivity index (χ0n) is 9.17. The van der Waals surface area contributed by atoms with Gasteiger partial charge in [-0.3, -0.25) is 4.79 Å². The number of amides is 1. The maximum atomic E-state index is 13.3. The normalized spacial score (nSPS) is 16.6. The fraction of sp³-hybridized carbons (Fsp3) is 0.417. The average Bonchev–Trinajstić information content (AvgIpc) is 3.05. The first-order valence-corrected chi connectivity index (χ1v) is 6.04. The van der Waals surface area contributed by atoms with E-state index in [0.29, 0.717) is 12.2 Å². The van der Waals surface area contributed by atoms with Gasteiger partial charge in [-0.25, -0.2) is 8.78 Å². The Balaban J connectivity index is 2.01. The number of carbonyl (C=O) groups excluding carboxylic acids is 1. The van der Waals surface area contributed by atoms with Crippen molar-refractivity contribution in [3.63, 3.8) is 0 Å². The van der Waals surface area contributed by atoms with Gasteiger partial charge in [-0.1, -0.05) is 6.07 Å². The zero-order chi connectivity index (χ0) is 12.5. The molecule has 0 atom stereocenters. The van der Waals surface area contributed by atoms with Crippen molar-refractivity contribution in [2.45, 2.75) is 19.3 Å². The van der Waals surface area contributed by atoms with Crippen LogP contribution in [-0.4, -0.2) is 11.7 Å². The number of nitrogens with one attached hydrogen (secondary N) is 1. The lowest BCUT2D eigenvalue weighted by Crippen LogP contribution is -2.19. The Morgan fingerprint density at radius 3 is 2.71 bits per heavy atom. The first-order chi connectivity index (χ1) is 8.06. The lowest BCUT2D eigenvalue weighted by Gasteiger charge is -2.12. The van der Waals surface area contributed by atoms with Gasteiger partial charge in [0.15, 0.2) is 11.6 Å². The maximum absolute atomic E-state index is 13.3. The molecule has 1 amide bonds. The summed E-state index contributed by atoms with van der Waals surface area (Å²) in [6, 6.07) is 3.72. The summed E-state index contributed by atoms with van der Waals surface area (Å²) >= 11 is 4.19. The number of anilines is 1. The monoisotopic (exact) mass is 257 g/mol. The third kappa shape index (κ3) is 2.77. The second-order valence-electron chi connectivity index (χ2n) is 4.48. The van der Waals surface area contributed by atoms with Crippen LogP contribution in [0.3, 0.4) is 0 Å². The van der Waals surface area contributed by atoms with Crippen LogP contribution in [0.1, 0.15) is 19.3 Å². The molecule has 5 heteroatoms. The highest BCUT2D eigenvalue weighted by atomic mass is 32.1. The Morgan fingerprint density at radius 1 is 1.41 bits per heavy atom. The Labute approximate surface area is 104 Å². The molecule has 1 saturated carbocycles. The molecule has 2 nitrogen and oxygen atoms in total. The Hall–Kier alpha value is -1.10. The van der Waals surface area contributed by atoms with E-state index < -0.39 is 11.6 Å². The third-order valence-electron chi connectivity index (χ3n) is 3.05. The first-order valence-electron chi connectivity index (χ1n) is 5.41. The van der Waals surface area contributed by atoms with Crippen LogP contribution in [0.25, 0.3) is 0 Å². The van der Waals surface area contributed by atoms with E-state index in [1.54, 1.807) is 0 Å². The minimum atomic E-state index is -1.02. The van der Waals surface area contributed by atoms with Gasteiger partial charge >= 0.3 is 0 Å². The molecular weight excluding hydrogens is 244 g/mol. The van der Waals surface area contributed by atoms with E-state index in [9.17, 15) is 13.6 Å².